The fourth-order valence-electron chi connectivity index (χ4n) is 2.58. The van der Waals surface area contributed by atoms with Crippen molar-refractivity contribution in [1.29, 1.82) is 0 Å². The van der Waals surface area contributed by atoms with Gasteiger partial charge in [-0.25, -0.2) is 4.68 Å². The lowest BCUT2D eigenvalue weighted by molar-refractivity contribution is -0.137. The molecule has 3 rings (SSSR count). The van der Waals surface area contributed by atoms with Gasteiger partial charge in [-0.15, -0.1) is 0 Å². The van der Waals surface area contributed by atoms with E-state index in [4.69, 9.17) is 4.74 Å². The smallest absolute Gasteiger partial charge is 0.418 e. The Labute approximate surface area is 159 Å². The third-order valence-corrected chi connectivity index (χ3v) is 4.20. The van der Waals surface area contributed by atoms with E-state index in [9.17, 15) is 18.0 Å². The zero-order chi connectivity index (χ0) is 20.3. The number of rotatable bonds is 5. The molecule has 1 aromatic heterocycles. The molecule has 0 aliphatic heterocycles. The van der Waals surface area contributed by atoms with Gasteiger partial charge in [0.15, 0.2) is 6.61 Å². The van der Waals surface area contributed by atoms with Crippen LogP contribution in [0.15, 0.2) is 54.9 Å². The van der Waals surface area contributed by atoms with Crippen molar-refractivity contribution in [2.75, 3.05) is 11.9 Å². The second kappa shape index (κ2) is 7.75. The first-order valence-corrected chi connectivity index (χ1v) is 8.45. The fourth-order valence-corrected chi connectivity index (χ4v) is 2.58. The molecule has 0 fully saturated rings. The molecule has 0 bridgehead atoms. The van der Waals surface area contributed by atoms with Crippen LogP contribution in [0.5, 0.6) is 5.75 Å². The Kier molecular flexibility index (Phi) is 5.39. The first kappa shape index (κ1) is 19.5. The van der Waals surface area contributed by atoms with E-state index in [2.05, 4.69) is 10.4 Å². The van der Waals surface area contributed by atoms with Crippen molar-refractivity contribution >= 4 is 11.6 Å². The van der Waals surface area contributed by atoms with Crippen molar-refractivity contribution in [2.24, 2.45) is 0 Å². The Morgan fingerprint density at radius 3 is 2.57 bits per heavy atom. The number of nitrogens with zero attached hydrogens (tertiary/aromatic N) is 2. The lowest BCUT2D eigenvalue weighted by Crippen LogP contribution is -2.22. The van der Waals surface area contributed by atoms with Crippen LogP contribution in [0.3, 0.4) is 0 Å². The number of hydrogen-bond donors (Lipinski definition) is 1. The summed E-state index contributed by atoms with van der Waals surface area (Å²) in [5.74, 6) is -0.209. The number of aromatic nitrogens is 2. The average Bonchev–Trinajstić information content (AvgIpc) is 3.17. The molecule has 1 amide bonds. The van der Waals surface area contributed by atoms with E-state index < -0.39 is 24.3 Å². The van der Waals surface area contributed by atoms with E-state index in [1.165, 1.54) is 29.2 Å². The molecule has 0 saturated heterocycles. The maximum atomic E-state index is 13.4. The van der Waals surface area contributed by atoms with Crippen LogP contribution in [-0.4, -0.2) is 22.3 Å². The van der Waals surface area contributed by atoms with Crippen LogP contribution in [0.2, 0.25) is 0 Å². The molecule has 1 N–H and O–H groups in total. The first-order valence-electron chi connectivity index (χ1n) is 8.45. The number of alkyl halides is 3. The maximum absolute atomic E-state index is 13.4. The maximum Gasteiger partial charge on any atom is 0.418 e. The normalized spacial score (nSPS) is 11.3. The van der Waals surface area contributed by atoms with Gasteiger partial charge in [0.05, 0.1) is 16.9 Å². The monoisotopic (exact) mass is 389 g/mol. The summed E-state index contributed by atoms with van der Waals surface area (Å²) in [6.45, 7) is 3.44. The molecule has 0 aliphatic carbocycles. The predicted octanol–water partition coefficient (Wildman–Crippen LogP) is 4.53. The van der Waals surface area contributed by atoms with Crippen molar-refractivity contribution < 1.29 is 22.7 Å². The van der Waals surface area contributed by atoms with Gasteiger partial charge in [0.2, 0.25) is 0 Å². The molecule has 5 nitrogen and oxygen atoms in total. The molecule has 0 aliphatic rings. The third-order valence-electron chi connectivity index (χ3n) is 4.20. The highest BCUT2D eigenvalue weighted by atomic mass is 19.4. The summed E-state index contributed by atoms with van der Waals surface area (Å²) >= 11 is 0. The van der Waals surface area contributed by atoms with Crippen molar-refractivity contribution in [1.82, 2.24) is 9.78 Å². The number of nitrogens with one attached hydrogen (secondary N) is 1. The molecule has 1 heterocycles. The highest BCUT2D eigenvalue weighted by Crippen LogP contribution is 2.36. The Morgan fingerprint density at radius 1 is 1.14 bits per heavy atom. The van der Waals surface area contributed by atoms with Gasteiger partial charge in [-0.05, 0) is 61.4 Å². The second-order valence-electron chi connectivity index (χ2n) is 6.26. The first-order chi connectivity index (χ1) is 13.2. The zero-order valence-electron chi connectivity index (χ0n) is 15.2. The number of carbonyl (C=O) groups excluding carboxylic acids is 1. The molecule has 0 unspecified atom stereocenters. The molecule has 8 heteroatoms. The number of ether oxygens (including phenoxy) is 1. The molecule has 0 atom stereocenters. The molecule has 28 heavy (non-hydrogen) atoms. The molecular formula is C20H18F3N3O2. The van der Waals surface area contributed by atoms with Gasteiger partial charge in [0.1, 0.15) is 5.75 Å². The second-order valence-corrected chi connectivity index (χ2v) is 6.26. The summed E-state index contributed by atoms with van der Waals surface area (Å²) in [6.07, 6.45) is -1.64. The fraction of sp³-hybridized carbons (Fsp3) is 0.200. The van der Waals surface area contributed by atoms with Crippen molar-refractivity contribution in [3.63, 3.8) is 0 Å². The largest absolute Gasteiger partial charge is 0.484 e. The minimum Gasteiger partial charge on any atom is -0.484 e. The summed E-state index contributed by atoms with van der Waals surface area (Å²) < 4.78 is 47.0. The van der Waals surface area contributed by atoms with Crippen molar-refractivity contribution in [3.05, 3.63) is 71.5 Å². The number of halogens is 3. The third kappa shape index (κ3) is 4.51. The number of anilines is 1. The summed E-state index contributed by atoms with van der Waals surface area (Å²) in [4.78, 5) is 12.1. The Balaban J connectivity index is 1.75. The van der Waals surface area contributed by atoms with Crippen molar-refractivity contribution in [3.8, 4) is 11.4 Å². The van der Waals surface area contributed by atoms with E-state index in [1.54, 1.807) is 18.2 Å². The highest BCUT2D eigenvalue weighted by molar-refractivity contribution is 5.93. The number of amides is 1. The molecule has 0 radical (unpaired) electrons. The summed E-state index contributed by atoms with van der Waals surface area (Å²) in [5.41, 5.74) is 1.01. The average molecular weight is 389 g/mol. The van der Waals surface area contributed by atoms with E-state index >= 15 is 0 Å². The minimum atomic E-state index is -4.64. The molecule has 3 aromatic rings. The predicted molar refractivity (Wildman–Crippen MR) is 98.6 cm³/mol. The lowest BCUT2D eigenvalue weighted by Gasteiger charge is -2.16. The standard InChI is InChI=1S/C20H18F3N3O2/c1-13-4-6-16(10-14(13)2)28-12-19(27)25-18-7-5-15(26-9-3-8-24-26)11-17(18)20(21,22)23/h3-11H,12H2,1-2H3,(H,25,27). The van der Waals surface area contributed by atoms with Crippen LogP contribution in [0.1, 0.15) is 16.7 Å². The summed E-state index contributed by atoms with van der Waals surface area (Å²) in [6, 6.07) is 10.5. The summed E-state index contributed by atoms with van der Waals surface area (Å²) in [5, 5.41) is 6.19. The van der Waals surface area contributed by atoms with Crippen LogP contribution in [0.4, 0.5) is 18.9 Å². The van der Waals surface area contributed by atoms with E-state index in [0.717, 1.165) is 17.2 Å². The SMILES string of the molecule is Cc1ccc(OCC(=O)Nc2ccc(-n3cccn3)cc2C(F)(F)F)cc1C. The molecule has 0 spiro atoms. The van der Waals surface area contributed by atoms with Gasteiger partial charge in [-0.3, -0.25) is 4.79 Å². The topological polar surface area (TPSA) is 56.1 Å². The van der Waals surface area contributed by atoms with Gasteiger partial charge in [0.25, 0.3) is 5.91 Å². The van der Waals surface area contributed by atoms with E-state index in [1.807, 2.05) is 19.9 Å². The van der Waals surface area contributed by atoms with Gasteiger partial charge in [-0.1, -0.05) is 6.07 Å². The molecule has 146 valence electrons. The Bertz CT molecular complexity index is 983. The Morgan fingerprint density at radius 2 is 1.93 bits per heavy atom. The van der Waals surface area contributed by atoms with Crippen LogP contribution < -0.4 is 10.1 Å². The number of hydrogen-bond acceptors (Lipinski definition) is 3. The Hall–Kier alpha value is -3.29. The zero-order valence-corrected chi connectivity index (χ0v) is 15.2. The number of carbonyl (C=O) groups is 1. The van der Waals surface area contributed by atoms with Crippen LogP contribution in [0, 0.1) is 13.8 Å². The van der Waals surface area contributed by atoms with Crippen LogP contribution in [-0.2, 0) is 11.0 Å². The van der Waals surface area contributed by atoms with Crippen LogP contribution in [0.25, 0.3) is 5.69 Å². The quantitative estimate of drug-likeness (QED) is 0.698. The molecular weight excluding hydrogens is 371 g/mol. The molecule has 0 saturated carbocycles. The van der Waals surface area contributed by atoms with Gasteiger partial charge < -0.3 is 10.1 Å². The van der Waals surface area contributed by atoms with E-state index in [-0.39, 0.29) is 11.4 Å². The summed E-state index contributed by atoms with van der Waals surface area (Å²) in [7, 11) is 0. The molecule has 2 aromatic carbocycles. The van der Waals surface area contributed by atoms with E-state index in [0.29, 0.717) is 5.75 Å². The minimum absolute atomic E-state index is 0.238. The number of aryl methyl sites for hydroxylation is 2. The lowest BCUT2D eigenvalue weighted by atomic mass is 10.1. The van der Waals surface area contributed by atoms with Gasteiger partial charge in [0, 0.05) is 12.4 Å². The van der Waals surface area contributed by atoms with Crippen LogP contribution >= 0.6 is 0 Å². The van der Waals surface area contributed by atoms with Crippen molar-refractivity contribution in [2.45, 2.75) is 20.0 Å². The van der Waals surface area contributed by atoms with Gasteiger partial charge >= 0.3 is 6.18 Å². The number of benzene rings is 2. The highest BCUT2D eigenvalue weighted by Gasteiger charge is 2.34. The van der Waals surface area contributed by atoms with Gasteiger partial charge in [-0.2, -0.15) is 18.3 Å².